The van der Waals surface area contributed by atoms with Gasteiger partial charge in [0.15, 0.2) is 0 Å². The van der Waals surface area contributed by atoms with Gasteiger partial charge in [0.1, 0.15) is 0 Å². The van der Waals surface area contributed by atoms with E-state index in [1.807, 2.05) is 13.1 Å². The highest BCUT2D eigenvalue weighted by Crippen LogP contribution is 2.10. The highest BCUT2D eigenvalue weighted by atomic mass is 32.2. The quantitative estimate of drug-likeness (QED) is 0.129. The summed E-state index contributed by atoms with van der Waals surface area (Å²) in [4.78, 5) is 0. The van der Waals surface area contributed by atoms with Gasteiger partial charge >= 0.3 is 0 Å². The zero-order valence-corrected chi connectivity index (χ0v) is 16.3. The number of allylic oxidation sites excluding steroid dienone is 1. The Morgan fingerprint density at radius 3 is 2.12 bits per heavy atom. The molecule has 0 spiro atoms. The van der Waals surface area contributed by atoms with Gasteiger partial charge in [-0.1, -0.05) is 96.7 Å². The minimum Gasteiger partial charge on any atom is -0.389 e. The first kappa shape index (κ1) is 25.8. The summed E-state index contributed by atoms with van der Waals surface area (Å²) < 4.78 is 3.42. The van der Waals surface area contributed by atoms with E-state index < -0.39 is 0 Å². The molecule has 0 radical (unpaired) electrons. The van der Waals surface area contributed by atoms with Crippen LogP contribution in [-0.2, 0) is 0 Å². The number of rotatable bonds is 18. The number of nitrogens with one attached hydrogen (secondary N) is 3. The van der Waals surface area contributed by atoms with Crippen LogP contribution in [0.15, 0.2) is 24.4 Å². The SMILES string of the molecule is C.C=C(/C=C\CNCSNCCCCCCCCCCCC)NC. The molecule has 4 heteroatoms. The van der Waals surface area contributed by atoms with Gasteiger partial charge in [0.2, 0.25) is 0 Å². The van der Waals surface area contributed by atoms with Crippen LogP contribution in [0, 0.1) is 0 Å². The Labute approximate surface area is 156 Å². The maximum absolute atomic E-state index is 3.84. The molecule has 0 aromatic rings. The van der Waals surface area contributed by atoms with Crippen LogP contribution in [0.25, 0.3) is 0 Å². The monoisotopic (exact) mass is 357 g/mol. The Hall–Kier alpha value is -0.450. The fourth-order valence-electron chi connectivity index (χ4n) is 2.29. The van der Waals surface area contributed by atoms with E-state index in [2.05, 4.69) is 34.9 Å². The molecule has 0 saturated heterocycles. The van der Waals surface area contributed by atoms with E-state index in [4.69, 9.17) is 0 Å². The molecule has 0 atom stereocenters. The molecule has 0 aliphatic carbocycles. The Morgan fingerprint density at radius 1 is 0.958 bits per heavy atom. The van der Waals surface area contributed by atoms with Gasteiger partial charge in [-0.2, -0.15) is 0 Å². The van der Waals surface area contributed by atoms with Gasteiger partial charge in [0.25, 0.3) is 0 Å². The first-order valence-corrected chi connectivity index (χ1v) is 10.4. The highest BCUT2D eigenvalue weighted by molar-refractivity contribution is 7.97. The van der Waals surface area contributed by atoms with E-state index in [0.29, 0.717) is 0 Å². The van der Waals surface area contributed by atoms with E-state index in [0.717, 1.165) is 24.7 Å². The molecule has 0 aromatic heterocycles. The van der Waals surface area contributed by atoms with Crippen LogP contribution >= 0.6 is 11.9 Å². The lowest BCUT2D eigenvalue weighted by atomic mass is 10.1. The molecule has 0 aliphatic heterocycles. The van der Waals surface area contributed by atoms with Crippen LogP contribution < -0.4 is 15.4 Å². The van der Waals surface area contributed by atoms with Crippen molar-refractivity contribution in [2.75, 3.05) is 26.0 Å². The molecule has 3 nitrogen and oxygen atoms in total. The Bertz CT molecular complexity index is 280. The van der Waals surface area contributed by atoms with E-state index in [1.165, 1.54) is 64.2 Å². The van der Waals surface area contributed by atoms with Crippen molar-refractivity contribution in [3.05, 3.63) is 24.4 Å². The Balaban J connectivity index is 0. The molecule has 0 saturated carbocycles. The highest BCUT2D eigenvalue weighted by Gasteiger charge is 1.93. The molecule has 0 amide bonds. The summed E-state index contributed by atoms with van der Waals surface area (Å²) in [5.74, 6) is 0.939. The first-order chi connectivity index (χ1) is 11.3. The summed E-state index contributed by atoms with van der Waals surface area (Å²) in [6.45, 7) is 8.12. The molecule has 0 aromatic carbocycles. The molecule has 0 heterocycles. The largest absolute Gasteiger partial charge is 0.389 e. The summed E-state index contributed by atoms with van der Waals surface area (Å²) >= 11 is 1.76. The summed E-state index contributed by atoms with van der Waals surface area (Å²) in [5.41, 5.74) is 0.943. The number of hydrogen-bond acceptors (Lipinski definition) is 4. The predicted molar refractivity (Wildman–Crippen MR) is 114 cm³/mol. The normalized spacial score (nSPS) is 10.8. The summed E-state index contributed by atoms with van der Waals surface area (Å²) in [7, 11) is 1.88. The zero-order valence-electron chi connectivity index (χ0n) is 15.5. The van der Waals surface area contributed by atoms with Crippen molar-refractivity contribution in [1.29, 1.82) is 0 Å². The van der Waals surface area contributed by atoms with Crippen molar-refractivity contribution in [2.24, 2.45) is 0 Å². The Morgan fingerprint density at radius 2 is 1.54 bits per heavy atom. The van der Waals surface area contributed by atoms with Gasteiger partial charge in [-0.05, 0) is 12.5 Å². The van der Waals surface area contributed by atoms with Crippen molar-refractivity contribution in [1.82, 2.24) is 15.4 Å². The lowest BCUT2D eigenvalue weighted by Gasteiger charge is -2.05. The first-order valence-electron chi connectivity index (χ1n) is 9.39. The molecule has 0 unspecified atom stereocenters. The maximum atomic E-state index is 3.84. The molecule has 0 fully saturated rings. The fourth-order valence-corrected chi connectivity index (χ4v) is 2.90. The molecule has 3 N–H and O–H groups in total. The fraction of sp³-hybridized carbons (Fsp3) is 0.800. The molecular formula is C20H43N3S. The minimum atomic E-state index is 0. The summed E-state index contributed by atoms with van der Waals surface area (Å²) in [6, 6.07) is 0. The van der Waals surface area contributed by atoms with E-state index >= 15 is 0 Å². The zero-order chi connectivity index (χ0) is 17.0. The summed E-state index contributed by atoms with van der Waals surface area (Å²) in [5, 5.41) is 6.34. The van der Waals surface area contributed by atoms with Gasteiger partial charge < -0.3 is 10.6 Å². The minimum absolute atomic E-state index is 0. The Kier molecular flexibility index (Phi) is 24.2. The van der Waals surface area contributed by atoms with Gasteiger partial charge in [0, 0.05) is 25.8 Å². The average Bonchev–Trinajstić information content (AvgIpc) is 2.57. The van der Waals surface area contributed by atoms with Crippen LogP contribution in [0.3, 0.4) is 0 Å². The van der Waals surface area contributed by atoms with E-state index in [1.54, 1.807) is 11.9 Å². The van der Waals surface area contributed by atoms with Crippen molar-refractivity contribution in [2.45, 2.75) is 78.6 Å². The molecule has 0 bridgehead atoms. The third kappa shape index (κ3) is 21.6. The molecule has 24 heavy (non-hydrogen) atoms. The van der Waals surface area contributed by atoms with Crippen LogP contribution in [-0.4, -0.2) is 26.0 Å². The van der Waals surface area contributed by atoms with Gasteiger partial charge in [-0.3, -0.25) is 4.72 Å². The van der Waals surface area contributed by atoms with Crippen LogP contribution in [0.2, 0.25) is 0 Å². The number of hydrogen-bond donors (Lipinski definition) is 3. The lowest BCUT2D eigenvalue weighted by molar-refractivity contribution is 0.556. The smallest absolute Gasteiger partial charge is 0.0568 e. The maximum Gasteiger partial charge on any atom is 0.0568 e. The number of likely N-dealkylation sites (N-methyl/N-ethyl adjacent to an activating group) is 1. The summed E-state index contributed by atoms with van der Waals surface area (Å²) in [6.07, 6.45) is 18.1. The third-order valence-corrected chi connectivity index (χ3v) is 4.57. The second-order valence-corrected chi connectivity index (χ2v) is 6.86. The standard InChI is InChI=1S/C19H39N3S.CH4/c1-4-5-6-7-8-9-10-11-12-13-17-22-23-18-21-16-14-15-19(2)20-3;/h14-15,20-22H,2,4-13,16-18H2,1,3H3;1H4/b15-14-;. The van der Waals surface area contributed by atoms with E-state index in [-0.39, 0.29) is 7.43 Å². The molecule has 0 aliphatic rings. The second kappa shape index (κ2) is 22.6. The second-order valence-electron chi connectivity index (χ2n) is 6.00. The van der Waals surface area contributed by atoms with Gasteiger partial charge in [-0.15, -0.1) is 0 Å². The van der Waals surface area contributed by atoms with Gasteiger partial charge in [-0.25, -0.2) is 0 Å². The lowest BCUT2D eigenvalue weighted by Crippen LogP contribution is -2.17. The predicted octanol–water partition coefficient (Wildman–Crippen LogP) is 5.62. The van der Waals surface area contributed by atoms with E-state index in [9.17, 15) is 0 Å². The van der Waals surface area contributed by atoms with Gasteiger partial charge in [0.05, 0.1) is 5.88 Å². The molecule has 0 rings (SSSR count). The van der Waals surface area contributed by atoms with Crippen molar-refractivity contribution in [3.8, 4) is 0 Å². The van der Waals surface area contributed by atoms with Crippen LogP contribution in [0.5, 0.6) is 0 Å². The van der Waals surface area contributed by atoms with Crippen molar-refractivity contribution < 1.29 is 0 Å². The van der Waals surface area contributed by atoms with Crippen LogP contribution in [0.1, 0.15) is 78.6 Å². The molecular weight excluding hydrogens is 314 g/mol. The van der Waals surface area contributed by atoms with Crippen molar-refractivity contribution in [3.63, 3.8) is 0 Å². The number of unbranched alkanes of at least 4 members (excludes halogenated alkanes) is 9. The van der Waals surface area contributed by atoms with Crippen LogP contribution in [0.4, 0.5) is 0 Å². The molecule has 144 valence electrons. The van der Waals surface area contributed by atoms with Crippen molar-refractivity contribution >= 4 is 11.9 Å². The topological polar surface area (TPSA) is 36.1 Å². The third-order valence-electron chi connectivity index (χ3n) is 3.81. The average molecular weight is 358 g/mol.